The number of imidazole rings is 1. The van der Waals surface area contributed by atoms with Gasteiger partial charge in [-0.1, -0.05) is 5.10 Å². The van der Waals surface area contributed by atoms with E-state index in [9.17, 15) is 4.39 Å². The number of H-pyrrole nitrogens is 1. The monoisotopic (exact) mass is 326 g/mol. The molecule has 2 N–H and O–H groups in total. The molecule has 0 amide bonds. The molecule has 0 fully saturated rings. The molecule has 0 atom stereocenters. The molecule has 4 rings (SSSR count). The number of halogens is 1. The van der Waals surface area contributed by atoms with Gasteiger partial charge in [0.25, 0.3) is 0 Å². The first kappa shape index (κ1) is 14.1. The van der Waals surface area contributed by atoms with Gasteiger partial charge < -0.3 is 14.1 Å². The van der Waals surface area contributed by atoms with Gasteiger partial charge in [0.1, 0.15) is 5.82 Å². The van der Waals surface area contributed by atoms with E-state index in [1.54, 1.807) is 24.3 Å². The molecule has 0 aliphatic heterocycles. The second-order valence-electron chi connectivity index (χ2n) is 4.85. The maximum Gasteiger partial charge on any atom is 0.322 e. The molecule has 3 heterocycles. The fourth-order valence-electron chi connectivity index (χ4n) is 2.13. The largest absolute Gasteiger partial charge is 0.481 e. The van der Waals surface area contributed by atoms with Gasteiger partial charge in [0.15, 0.2) is 5.65 Å². The van der Waals surface area contributed by atoms with Crippen LogP contribution in [0.4, 0.5) is 16.4 Å². The van der Waals surface area contributed by atoms with Crippen molar-refractivity contribution in [2.45, 2.75) is 0 Å². The Labute approximate surface area is 134 Å². The third kappa shape index (κ3) is 2.62. The lowest BCUT2D eigenvalue weighted by Crippen LogP contribution is -1.92. The average molecular weight is 326 g/mol. The maximum atomic E-state index is 12.9. The van der Waals surface area contributed by atoms with Crippen molar-refractivity contribution in [3.8, 4) is 17.3 Å². The van der Waals surface area contributed by atoms with E-state index in [1.165, 1.54) is 19.2 Å². The molecule has 24 heavy (non-hydrogen) atoms. The van der Waals surface area contributed by atoms with Crippen LogP contribution in [0.3, 0.4) is 0 Å². The molecule has 3 aromatic heterocycles. The van der Waals surface area contributed by atoms with E-state index in [1.807, 2.05) is 0 Å². The van der Waals surface area contributed by atoms with Gasteiger partial charge in [-0.2, -0.15) is 9.97 Å². The second kappa shape index (κ2) is 5.61. The highest BCUT2D eigenvalue weighted by Crippen LogP contribution is 2.22. The van der Waals surface area contributed by atoms with Crippen LogP contribution in [-0.2, 0) is 0 Å². The first-order valence-corrected chi connectivity index (χ1v) is 6.98. The van der Waals surface area contributed by atoms with Crippen LogP contribution < -0.4 is 10.1 Å². The fourth-order valence-corrected chi connectivity index (χ4v) is 2.13. The number of anilines is 2. The standard InChI is InChI=1S/C15H11FN6O2/c1-23-11-7-6-10-12(18-11)19-14(17-10)20-15-22-21-13(24-15)8-2-4-9(16)5-3-8/h2-7H,1H3,(H2,17,18,19,20,22). The molecule has 8 nitrogen and oxygen atoms in total. The summed E-state index contributed by atoms with van der Waals surface area (Å²) in [6.45, 7) is 0. The lowest BCUT2D eigenvalue weighted by molar-refractivity contribution is 0.399. The van der Waals surface area contributed by atoms with Crippen molar-refractivity contribution in [1.82, 2.24) is 25.1 Å². The van der Waals surface area contributed by atoms with E-state index in [2.05, 4.69) is 30.5 Å². The number of aromatic amines is 1. The van der Waals surface area contributed by atoms with Gasteiger partial charge in [-0.3, -0.25) is 5.32 Å². The summed E-state index contributed by atoms with van der Waals surface area (Å²) < 4.78 is 23.5. The first-order chi connectivity index (χ1) is 11.7. The summed E-state index contributed by atoms with van der Waals surface area (Å²) in [6, 6.07) is 9.45. The Hall–Kier alpha value is -3.49. The van der Waals surface area contributed by atoms with Crippen LogP contribution in [0, 0.1) is 5.82 Å². The molecule has 0 spiro atoms. The summed E-state index contributed by atoms with van der Waals surface area (Å²) in [5, 5.41) is 10.7. The summed E-state index contributed by atoms with van der Waals surface area (Å²) in [7, 11) is 1.54. The van der Waals surface area contributed by atoms with Crippen LogP contribution in [0.5, 0.6) is 5.88 Å². The molecule has 0 saturated heterocycles. The topological polar surface area (TPSA) is 102 Å². The summed E-state index contributed by atoms with van der Waals surface area (Å²) in [5.41, 5.74) is 1.85. The zero-order valence-corrected chi connectivity index (χ0v) is 12.4. The molecular formula is C15H11FN6O2. The minimum atomic E-state index is -0.332. The Morgan fingerprint density at radius 3 is 2.71 bits per heavy atom. The number of rotatable bonds is 4. The van der Waals surface area contributed by atoms with Crippen LogP contribution in [0.15, 0.2) is 40.8 Å². The minimum absolute atomic E-state index is 0.153. The Kier molecular flexibility index (Phi) is 3.30. The highest BCUT2D eigenvalue weighted by Gasteiger charge is 2.11. The number of methoxy groups -OCH3 is 1. The lowest BCUT2D eigenvalue weighted by atomic mass is 10.2. The van der Waals surface area contributed by atoms with E-state index in [0.29, 0.717) is 23.0 Å². The van der Waals surface area contributed by atoms with Gasteiger partial charge in [0.2, 0.25) is 17.7 Å². The van der Waals surface area contributed by atoms with Crippen LogP contribution in [0.1, 0.15) is 0 Å². The Morgan fingerprint density at radius 1 is 1.08 bits per heavy atom. The van der Waals surface area contributed by atoms with Crippen LogP contribution in [-0.4, -0.2) is 32.3 Å². The van der Waals surface area contributed by atoms with Crippen molar-refractivity contribution >= 4 is 23.1 Å². The quantitative estimate of drug-likeness (QED) is 0.594. The molecule has 0 aliphatic rings. The zero-order valence-electron chi connectivity index (χ0n) is 12.4. The summed E-state index contributed by atoms with van der Waals surface area (Å²) in [6.07, 6.45) is 0. The average Bonchev–Trinajstić information content (AvgIpc) is 3.21. The summed E-state index contributed by atoms with van der Waals surface area (Å²) in [5.74, 6) is 0.812. The Balaban J connectivity index is 1.58. The lowest BCUT2D eigenvalue weighted by Gasteiger charge is -1.95. The van der Waals surface area contributed by atoms with E-state index in [0.717, 1.165) is 5.52 Å². The van der Waals surface area contributed by atoms with Gasteiger partial charge >= 0.3 is 6.01 Å². The summed E-state index contributed by atoms with van der Waals surface area (Å²) in [4.78, 5) is 11.5. The number of ether oxygens (including phenoxy) is 1. The third-order valence-corrected chi connectivity index (χ3v) is 3.27. The summed E-state index contributed by atoms with van der Waals surface area (Å²) >= 11 is 0. The van der Waals surface area contributed by atoms with Crippen LogP contribution >= 0.6 is 0 Å². The van der Waals surface area contributed by atoms with Crippen LogP contribution in [0.25, 0.3) is 22.6 Å². The van der Waals surface area contributed by atoms with Crippen molar-refractivity contribution in [2.24, 2.45) is 0 Å². The van der Waals surface area contributed by atoms with Crippen molar-refractivity contribution in [3.63, 3.8) is 0 Å². The second-order valence-corrected chi connectivity index (χ2v) is 4.85. The number of fused-ring (bicyclic) bond motifs is 1. The van der Waals surface area contributed by atoms with Gasteiger partial charge in [0, 0.05) is 11.6 Å². The zero-order chi connectivity index (χ0) is 16.5. The predicted molar refractivity (Wildman–Crippen MR) is 83.4 cm³/mol. The molecule has 1 aromatic carbocycles. The Bertz CT molecular complexity index is 995. The van der Waals surface area contributed by atoms with E-state index >= 15 is 0 Å². The number of hydrogen-bond donors (Lipinski definition) is 2. The van der Waals surface area contributed by atoms with Crippen molar-refractivity contribution in [2.75, 3.05) is 12.4 Å². The molecule has 9 heteroatoms. The van der Waals surface area contributed by atoms with Gasteiger partial charge in [-0.15, -0.1) is 5.10 Å². The highest BCUT2D eigenvalue weighted by molar-refractivity contribution is 5.74. The van der Waals surface area contributed by atoms with Crippen molar-refractivity contribution in [1.29, 1.82) is 0 Å². The van der Waals surface area contributed by atoms with Gasteiger partial charge in [-0.25, -0.2) is 4.39 Å². The molecule has 0 unspecified atom stereocenters. The molecule has 0 saturated carbocycles. The molecule has 4 aromatic rings. The first-order valence-electron chi connectivity index (χ1n) is 6.98. The number of pyridine rings is 1. The highest BCUT2D eigenvalue weighted by atomic mass is 19.1. The van der Waals surface area contributed by atoms with Gasteiger partial charge in [0.05, 0.1) is 12.6 Å². The minimum Gasteiger partial charge on any atom is -0.481 e. The number of nitrogens with zero attached hydrogens (tertiary/aromatic N) is 4. The van der Waals surface area contributed by atoms with E-state index < -0.39 is 0 Å². The third-order valence-electron chi connectivity index (χ3n) is 3.27. The predicted octanol–water partition coefficient (Wildman–Crippen LogP) is 2.90. The smallest absolute Gasteiger partial charge is 0.322 e. The van der Waals surface area contributed by atoms with Gasteiger partial charge in [-0.05, 0) is 30.3 Å². The van der Waals surface area contributed by atoms with Crippen molar-refractivity contribution < 1.29 is 13.5 Å². The number of hydrogen-bond acceptors (Lipinski definition) is 7. The Morgan fingerprint density at radius 2 is 1.92 bits per heavy atom. The normalized spacial score (nSPS) is 10.9. The molecule has 120 valence electrons. The molecular weight excluding hydrogens is 315 g/mol. The molecule has 0 aliphatic carbocycles. The number of aromatic nitrogens is 5. The van der Waals surface area contributed by atoms with E-state index in [-0.39, 0.29) is 17.7 Å². The van der Waals surface area contributed by atoms with Crippen molar-refractivity contribution in [3.05, 3.63) is 42.2 Å². The number of nitrogens with one attached hydrogen (secondary N) is 2. The maximum absolute atomic E-state index is 12.9. The molecule has 0 bridgehead atoms. The number of benzene rings is 1. The fraction of sp³-hybridized carbons (Fsp3) is 0.0667. The molecule has 0 radical (unpaired) electrons. The SMILES string of the molecule is COc1ccc2[nH]c(Nc3nnc(-c4ccc(F)cc4)o3)nc2n1. The van der Waals surface area contributed by atoms with E-state index in [4.69, 9.17) is 9.15 Å². The van der Waals surface area contributed by atoms with Crippen LogP contribution in [0.2, 0.25) is 0 Å².